The molecule has 0 bridgehead atoms. The Labute approximate surface area is 166 Å². The van der Waals surface area contributed by atoms with Crippen molar-refractivity contribution in [1.82, 2.24) is 14.9 Å². The van der Waals surface area contributed by atoms with Crippen molar-refractivity contribution in [2.75, 3.05) is 30.7 Å². The number of hydrogen-bond donors (Lipinski definition) is 2. The maximum Gasteiger partial charge on any atom is 0.137 e. The Morgan fingerprint density at radius 1 is 1.11 bits per heavy atom. The van der Waals surface area contributed by atoms with Crippen LogP contribution >= 0.6 is 0 Å². The lowest BCUT2D eigenvalue weighted by atomic mass is 9.84. The number of nitrogens with zero attached hydrogens (tertiary/aromatic N) is 3. The highest BCUT2D eigenvalue weighted by molar-refractivity contribution is 5.91. The van der Waals surface area contributed by atoms with Gasteiger partial charge in [-0.2, -0.15) is 0 Å². The number of hydrogen-bond acceptors (Lipinski definition) is 6. The minimum atomic E-state index is 0.506. The molecule has 1 saturated heterocycles. The summed E-state index contributed by atoms with van der Waals surface area (Å²) in [5, 5.41) is 4.59. The first kappa shape index (κ1) is 18.1. The van der Waals surface area contributed by atoms with E-state index in [9.17, 15) is 0 Å². The summed E-state index contributed by atoms with van der Waals surface area (Å²) in [6.45, 7) is 3.03. The van der Waals surface area contributed by atoms with Crippen molar-refractivity contribution >= 4 is 22.4 Å². The molecule has 2 unspecified atom stereocenters. The number of nitrogens with two attached hydrogens (primary N) is 1. The number of aromatic nitrogens is 2. The number of nitrogens with one attached hydrogen (secondary N) is 1. The highest BCUT2D eigenvalue weighted by Crippen LogP contribution is 2.36. The summed E-state index contributed by atoms with van der Waals surface area (Å²) in [4.78, 5) is 11.6. The van der Waals surface area contributed by atoms with E-state index in [-0.39, 0.29) is 0 Å². The maximum absolute atomic E-state index is 6.00. The van der Waals surface area contributed by atoms with E-state index in [1.807, 2.05) is 18.2 Å². The van der Waals surface area contributed by atoms with Gasteiger partial charge in [-0.3, -0.25) is 4.90 Å². The first-order chi connectivity index (χ1) is 13.8. The van der Waals surface area contributed by atoms with E-state index >= 15 is 0 Å². The maximum atomic E-state index is 6.00. The zero-order valence-corrected chi connectivity index (χ0v) is 16.5. The number of anilines is 2. The molecule has 3 N–H and O–H groups in total. The van der Waals surface area contributed by atoms with Gasteiger partial charge < -0.3 is 15.8 Å². The highest BCUT2D eigenvalue weighted by Gasteiger charge is 2.39. The smallest absolute Gasteiger partial charge is 0.137 e. The fourth-order valence-corrected chi connectivity index (χ4v) is 5.55. The van der Waals surface area contributed by atoms with Crippen LogP contribution in [0, 0.1) is 5.92 Å². The van der Waals surface area contributed by atoms with Crippen LogP contribution < -0.4 is 11.1 Å². The summed E-state index contributed by atoms with van der Waals surface area (Å²) in [6, 6.07) is 7.25. The molecule has 3 aliphatic rings. The van der Waals surface area contributed by atoms with Crippen molar-refractivity contribution in [3.8, 4) is 0 Å². The quantitative estimate of drug-likeness (QED) is 0.790. The van der Waals surface area contributed by atoms with E-state index in [2.05, 4.69) is 20.2 Å². The van der Waals surface area contributed by atoms with Gasteiger partial charge in [0.1, 0.15) is 12.1 Å². The van der Waals surface area contributed by atoms with Gasteiger partial charge in [-0.05, 0) is 69.1 Å². The van der Waals surface area contributed by atoms with Crippen LogP contribution in [0.3, 0.4) is 0 Å². The molecule has 1 aromatic carbocycles. The SMILES string of the molecule is Nc1ccc2ncnc(NC[C@H]3CC[C@H](N4CCOC5CCCC54)CC3)c2c1. The van der Waals surface area contributed by atoms with Crippen molar-refractivity contribution in [3.63, 3.8) is 0 Å². The molecule has 1 aromatic heterocycles. The minimum absolute atomic E-state index is 0.506. The third-order valence-electron chi connectivity index (χ3n) is 7.03. The fourth-order valence-electron chi connectivity index (χ4n) is 5.55. The standard InChI is InChI=1S/C22H31N5O/c23-16-6-9-19-18(12-16)22(26-14-25-19)24-13-15-4-7-17(8-5-15)27-10-11-28-21-3-1-2-20(21)27/h6,9,12,14-15,17,20-21H,1-5,7-8,10-11,13,23H2,(H,24,25,26)/t15-,17-,20?,21?. The second-order valence-electron chi connectivity index (χ2n) is 8.70. The normalized spacial score (nSPS) is 31.0. The zero-order chi connectivity index (χ0) is 18.9. The van der Waals surface area contributed by atoms with Crippen LogP contribution in [0.4, 0.5) is 11.5 Å². The van der Waals surface area contributed by atoms with E-state index in [4.69, 9.17) is 10.5 Å². The molecule has 0 radical (unpaired) electrons. The first-order valence-corrected chi connectivity index (χ1v) is 10.9. The van der Waals surface area contributed by atoms with Gasteiger partial charge >= 0.3 is 0 Å². The van der Waals surface area contributed by atoms with Gasteiger partial charge in [-0.25, -0.2) is 9.97 Å². The Kier molecular flexibility index (Phi) is 5.07. The summed E-state index contributed by atoms with van der Waals surface area (Å²) in [6.07, 6.45) is 11.3. The Balaban J connectivity index is 1.18. The second kappa shape index (κ2) is 7.84. The number of fused-ring (bicyclic) bond motifs is 2. The average Bonchev–Trinajstić information content (AvgIpc) is 3.22. The average molecular weight is 382 g/mol. The van der Waals surface area contributed by atoms with Gasteiger partial charge in [0.2, 0.25) is 0 Å². The zero-order valence-electron chi connectivity index (χ0n) is 16.5. The van der Waals surface area contributed by atoms with Gasteiger partial charge in [0, 0.05) is 36.2 Å². The fraction of sp³-hybridized carbons (Fsp3) is 0.636. The van der Waals surface area contributed by atoms with Crippen LogP contribution in [0.1, 0.15) is 44.9 Å². The molecule has 1 aliphatic heterocycles. The topological polar surface area (TPSA) is 76.3 Å². The Bertz CT molecular complexity index is 820. The van der Waals surface area contributed by atoms with Gasteiger partial charge in [-0.1, -0.05) is 0 Å². The number of rotatable bonds is 4. The van der Waals surface area contributed by atoms with Gasteiger partial charge in [-0.15, -0.1) is 0 Å². The Morgan fingerprint density at radius 3 is 2.89 bits per heavy atom. The van der Waals surface area contributed by atoms with Crippen LogP contribution in [0.5, 0.6) is 0 Å². The summed E-state index contributed by atoms with van der Waals surface area (Å²) in [5.41, 5.74) is 7.65. The van der Waals surface area contributed by atoms with E-state index in [0.29, 0.717) is 18.1 Å². The molecular weight excluding hydrogens is 350 g/mol. The molecule has 0 spiro atoms. The molecule has 5 rings (SSSR count). The number of benzene rings is 1. The third kappa shape index (κ3) is 3.55. The number of nitrogen functional groups attached to an aromatic ring is 1. The predicted octanol–water partition coefficient (Wildman–Crippen LogP) is 3.44. The van der Waals surface area contributed by atoms with Gasteiger partial charge in [0.05, 0.1) is 18.2 Å². The van der Waals surface area contributed by atoms with Crippen LogP contribution in [-0.2, 0) is 4.74 Å². The highest BCUT2D eigenvalue weighted by atomic mass is 16.5. The molecule has 6 nitrogen and oxygen atoms in total. The van der Waals surface area contributed by atoms with Crippen molar-refractivity contribution < 1.29 is 4.74 Å². The molecule has 2 saturated carbocycles. The van der Waals surface area contributed by atoms with Crippen molar-refractivity contribution in [2.24, 2.45) is 5.92 Å². The molecule has 150 valence electrons. The molecule has 6 heteroatoms. The summed E-state index contributed by atoms with van der Waals surface area (Å²) >= 11 is 0. The minimum Gasteiger partial charge on any atom is -0.399 e. The lowest BCUT2D eigenvalue weighted by Gasteiger charge is -2.45. The van der Waals surface area contributed by atoms with Gasteiger partial charge in [0.25, 0.3) is 0 Å². The lowest BCUT2D eigenvalue weighted by molar-refractivity contribution is -0.0780. The monoisotopic (exact) mass is 381 g/mol. The summed E-state index contributed by atoms with van der Waals surface area (Å²) < 4.78 is 6.00. The Hall–Kier alpha value is -1.92. The summed E-state index contributed by atoms with van der Waals surface area (Å²) in [7, 11) is 0. The lowest BCUT2D eigenvalue weighted by Crippen LogP contribution is -2.53. The van der Waals surface area contributed by atoms with E-state index < -0.39 is 0 Å². The molecular formula is C22H31N5O. The van der Waals surface area contributed by atoms with Crippen molar-refractivity contribution in [2.45, 2.75) is 63.1 Å². The van der Waals surface area contributed by atoms with Crippen molar-refractivity contribution in [3.05, 3.63) is 24.5 Å². The van der Waals surface area contributed by atoms with E-state index in [0.717, 1.165) is 48.1 Å². The summed E-state index contributed by atoms with van der Waals surface area (Å²) in [5.74, 6) is 1.61. The van der Waals surface area contributed by atoms with Crippen molar-refractivity contribution in [1.29, 1.82) is 0 Å². The molecule has 2 aromatic rings. The number of ether oxygens (including phenoxy) is 1. The van der Waals surface area contributed by atoms with Crippen LogP contribution in [0.2, 0.25) is 0 Å². The molecule has 2 heterocycles. The predicted molar refractivity (Wildman–Crippen MR) is 112 cm³/mol. The molecule has 28 heavy (non-hydrogen) atoms. The van der Waals surface area contributed by atoms with Gasteiger partial charge in [0.15, 0.2) is 0 Å². The van der Waals surface area contributed by atoms with Crippen LogP contribution in [0.25, 0.3) is 10.9 Å². The molecule has 2 aliphatic carbocycles. The first-order valence-electron chi connectivity index (χ1n) is 10.9. The number of morpholine rings is 1. The second-order valence-corrected chi connectivity index (χ2v) is 8.70. The largest absolute Gasteiger partial charge is 0.399 e. The molecule has 2 atom stereocenters. The van der Waals surface area contributed by atoms with Crippen LogP contribution in [-0.4, -0.2) is 52.8 Å². The Morgan fingerprint density at radius 2 is 2.00 bits per heavy atom. The molecule has 0 amide bonds. The van der Waals surface area contributed by atoms with E-state index in [1.54, 1.807) is 6.33 Å². The van der Waals surface area contributed by atoms with Crippen LogP contribution in [0.15, 0.2) is 24.5 Å². The molecule has 3 fully saturated rings. The third-order valence-corrected chi connectivity index (χ3v) is 7.03. The van der Waals surface area contributed by atoms with E-state index in [1.165, 1.54) is 44.9 Å².